The van der Waals surface area contributed by atoms with Gasteiger partial charge in [-0.3, -0.25) is 14.4 Å². The first-order valence-corrected chi connectivity index (χ1v) is 11.6. The number of Topliss-reactive ketones (excluding diaryl/α,β-unsaturated/α-hetero) is 2. The van der Waals surface area contributed by atoms with Gasteiger partial charge in [-0.2, -0.15) is 0 Å². The molecule has 1 aliphatic heterocycles. The number of hydrogen-bond donors (Lipinski definition) is 1. The zero-order chi connectivity index (χ0) is 24.3. The fraction of sp³-hybridized carbons (Fsp3) is 0.500. The predicted octanol–water partition coefficient (Wildman–Crippen LogP) is 4.52. The van der Waals surface area contributed by atoms with Gasteiger partial charge in [0.2, 0.25) is 0 Å². The molecule has 1 amide bonds. The number of allylic oxidation sites excluding steroid dienone is 4. The molecule has 2 aliphatic carbocycles. The molecule has 1 heterocycles. The average molecular weight is 471 g/mol. The van der Waals surface area contributed by atoms with Gasteiger partial charge >= 0.3 is 0 Å². The highest BCUT2D eigenvalue weighted by Crippen LogP contribution is 2.55. The van der Waals surface area contributed by atoms with Gasteiger partial charge in [0.15, 0.2) is 18.2 Å². The number of nitrogens with zero attached hydrogens (tertiary/aromatic N) is 1. The third-order valence-corrected chi connectivity index (χ3v) is 7.07. The number of nitrogens with two attached hydrogens (primary N) is 1. The van der Waals surface area contributed by atoms with Gasteiger partial charge in [-0.1, -0.05) is 39.3 Å². The smallest absolute Gasteiger partial charge is 0.255 e. The SMILES string of the molecule is CN1C2=C(C(=O)CC(C)(C)C2)C(c2cc(Cl)ccc2OCC(N)=O)C2=C1CC(C)(C)CC2=O. The standard InChI is InChI=1S/C26H31ClN2O4/c1-25(2)9-16-23(18(30)11-25)22(15-8-14(27)6-7-20(15)33-13-21(28)32)24-17(29(16)5)10-26(3,4)12-19(24)31/h6-8,22H,9-13H2,1-5H3,(H2,28,32). The third-order valence-electron chi connectivity index (χ3n) is 6.83. The molecule has 176 valence electrons. The maximum absolute atomic E-state index is 13.6. The number of benzene rings is 1. The fourth-order valence-electron chi connectivity index (χ4n) is 5.50. The molecule has 0 bridgehead atoms. The summed E-state index contributed by atoms with van der Waals surface area (Å²) < 4.78 is 5.73. The molecule has 33 heavy (non-hydrogen) atoms. The lowest BCUT2D eigenvalue weighted by molar-refractivity contribution is -0.121. The van der Waals surface area contributed by atoms with Crippen molar-refractivity contribution in [3.8, 4) is 5.75 Å². The average Bonchev–Trinajstić information content (AvgIpc) is 2.67. The van der Waals surface area contributed by atoms with Crippen LogP contribution in [0.5, 0.6) is 5.75 Å². The first-order valence-electron chi connectivity index (χ1n) is 11.3. The van der Waals surface area contributed by atoms with Crippen LogP contribution in [0.2, 0.25) is 5.02 Å². The monoisotopic (exact) mass is 470 g/mol. The largest absolute Gasteiger partial charge is 0.483 e. The van der Waals surface area contributed by atoms with Gasteiger partial charge < -0.3 is 15.4 Å². The summed E-state index contributed by atoms with van der Waals surface area (Å²) in [5.74, 6) is -0.724. The summed E-state index contributed by atoms with van der Waals surface area (Å²) in [5, 5.41) is 0.465. The van der Waals surface area contributed by atoms with Gasteiger partial charge in [0.25, 0.3) is 5.91 Å². The van der Waals surface area contributed by atoms with Crippen molar-refractivity contribution in [3.05, 3.63) is 51.3 Å². The normalized spacial score (nSPS) is 22.3. The lowest BCUT2D eigenvalue weighted by Crippen LogP contribution is -2.43. The minimum absolute atomic E-state index is 0.0307. The molecule has 0 atom stereocenters. The molecule has 1 aromatic rings. The number of amides is 1. The number of halogens is 1. The summed E-state index contributed by atoms with van der Waals surface area (Å²) in [6.07, 6.45) is 2.25. The van der Waals surface area contributed by atoms with E-state index in [9.17, 15) is 14.4 Å². The topological polar surface area (TPSA) is 89.7 Å². The molecular weight excluding hydrogens is 440 g/mol. The van der Waals surface area contributed by atoms with Gasteiger partial charge in [0, 0.05) is 58.9 Å². The van der Waals surface area contributed by atoms with Crippen LogP contribution in [-0.4, -0.2) is 36.0 Å². The Kier molecular flexibility index (Phi) is 5.72. The molecule has 4 rings (SSSR count). The molecule has 0 radical (unpaired) electrons. The Balaban J connectivity index is 1.98. The van der Waals surface area contributed by atoms with Crippen LogP contribution >= 0.6 is 11.6 Å². The number of carbonyl (C=O) groups excluding carboxylic acids is 3. The van der Waals surface area contributed by atoms with E-state index in [1.54, 1.807) is 18.2 Å². The summed E-state index contributed by atoms with van der Waals surface area (Å²) >= 11 is 6.38. The van der Waals surface area contributed by atoms with Gasteiger partial charge in [0.05, 0.1) is 0 Å². The van der Waals surface area contributed by atoms with E-state index < -0.39 is 11.8 Å². The zero-order valence-corrected chi connectivity index (χ0v) is 20.6. The molecular formula is C26H31ClN2O4. The van der Waals surface area contributed by atoms with Crippen molar-refractivity contribution in [1.82, 2.24) is 4.90 Å². The maximum Gasteiger partial charge on any atom is 0.255 e. The predicted molar refractivity (Wildman–Crippen MR) is 127 cm³/mol. The van der Waals surface area contributed by atoms with Crippen molar-refractivity contribution < 1.29 is 19.1 Å². The van der Waals surface area contributed by atoms with Crippen molar-refractivity contribution in [2.75, 3.05) is 13.7 Å². The van der Waals surface area contributed by atoms with E-state index in [0.717, 1.165) is 24.2 Å². The van der Waals surface area contributed by atoms with Crippen LogP contribution in [0.25, 0.3) is 0 Å². The molecule has 6 nitrogen and oxygen atoms in total. The first-order chi connectivity index (χ1) is 15.3. The Labute approximate surface area is 199 Å². The van der Waals surface area contributed by atoms with E-state index in [-0.39, 0.29) is 29.0 Å². The molecule has 0 aromatic heterocycles. The van der Waals surface area contributed by atoms with E-state index >= 15 is 0 Å². The number of rotatable bonds is 4. The van der Waals surface area contributed by atoms with E-state index in [0.29, 0.717) is 40.3 Å². The molecule has 1 aromatic carbocycles. The summed E-state index contributed by atoms with van der Waals surface area (Å²) in [6.45, 7) is 8.08. The molecule has 0 saturated carbocycles. The number of primary amides is 1. The van der Waals surface area contributed by atoms with Crippen LogP contribution in [0.15, 0.2) is 40.7 Å². The molecule has 0 unspecified atom stereocenters. The summed E-state index contributed by atoms with van der Waals surface area (Å²) in [5.41, 5.74) is 8.74. The van der Waals surface area contributed by atoms with Gasteiger partial charge in [-0.15, -0.1) is 0 Å². The van der Waals surface area contributed by atoms with Crippen LogP contribution in [0.4, 0.5) is 0 Å². The minimum atomic E-state index is -0.606. The van der Waals surface area contributed by atoms with Crippen molar-refractivity contribution >= 4 is 29.1 Å². The van der Waals surface area contributed by atoms with E-state index in [1.165, 1.54) is 0 Å². The molecule has 3 aliphatic rings. The molecule has 0 fully saturated rings. The van der Waals surface area contributed by atoms with Gasteiger partial charge in [0.1, 0.15) is 5.75 Å². The molecule has 2 N–H and O–H groups in total. The highest BCUT2D eigenvalue weighted by molar-refractivity contribution is 6.30. The molecule has 0 saturated heterocycles. The Bertz CT molecular complexity index is 1080. The van der Waals surface area contributed by atoms with Crippen LogP contribution < -0.4 is 10.5 Å². The lowest BCUT2D eigenvalue weighted by atomic mass is 9.63. The number of ketones is 2. The Morgan fingerprint density at radius 3 is 2.03 bits per heavy atom. The molecule has 0 spiro atoms. The van der Waals surface area contributed by atoms with Crippen molar-refractivity contribution in [2.24, 2.45) is 16.6 Å². The third kappa shape index (κ3) is 4.33. The van der Waals surface area contributed by atoms with Crippen LogP contribution in [0, 0.1) is 10.8 Å². The lowest BCUT2D eigenvalue weighted by Gasteiger charge is -2.48. The van der Waals surface area contributed by atoms with Crippen LogP contribution in [-0.2, 0) is 14.4 Å². The van der Waals surface area contributed by atoms with Crippen LogP contribution in [0.3, 0.4) is 0 Å². The van der Waals surface area contributed by atoms with Gasteiger partial charge in [-0.25, -0.2) is 0 Å². The number of carbonyl (C=O) groups is 3. The Hall–Kier alpha value is -2.60. The zero-order valence-electron chi connectivity index (χ0n) is 19.9. The van der Waals surface area contributed by atoms with Crippen molar-refractivity contribution in [1.29, 1.82) is 0 Å². The highest BCUT2D eigenvalue weighted by Gasteiger charge is 2.48. The summed E-state index contributed by atoms with van der Waals surface area (Å²) in [6, 6.07) is 5.08. The Morgan fingerprint density at radius 1 is 1.03 bits per heavy atom. The fourth-order valence-corrected chi connectivity index (χ4v) is 5.68. The minimum Gasteiger partial charge on any atom is -0.483 e. The van der Waals surface area contributed by atoms with Crippen LogP contribution in [0.1, 0.15) is 64.9 Å². The van der Waals surface area contributed by atoms with Crippen molar-refractivity contribution in [2.45, 2.75) is 59.3 Å². The van der Waals surface area contributed by atoms with E-state index in [2.05, 4.69) is 32.6 Å². The number of hydrogen-bond acceptors (Lipinski definition) is 5. The Morgan fingerprint density at radius 2 is 1.55 bits per heavy atom. The summed E-state index contributed by atoms with van der Waals surface area (Å²) in [4.78, 5) is 40.6. The first kappa shape index (κ1) is 23.6. The van der Waals surface area contributed by atoms with E-state index in [1.807, 2.05) is 7.05 Å². The second-order valence-corrected chi connectivity index (χ2v) is 11.5. The summed E-state index contributed by atoms with van der Waals surface area (Å²) in [7, 11) is 1.96. The quantitative estimate of drug-likeness (QED) is 0.698. The van der Waals surface area contributed by atoms with Gasteiger partial charge in [-0.05, 0) is 41.9 Å². The maximum atomic E-state index is 13.6. The van der Waals surface area contributed by atoms with E-state index in [4.69, 9.17) is 22.1 Å². The molecule has 7 heteroatoms. The number of ether oxygens (including phenoxy) is 1. The van der Waals surface area contributed by atoms with Crippen molar-refractivity contribution in [3.63, 3.8) is 0 Å². The highest BCUT2D eigenvalue weighted by atomic mass is 35.5. The second-order valence-electron chi connectivity index (χ2n) is 11.0. The second kappa shape index (κ2) is 8.01.